The molecular formula is C24H35N7O2. The zero-order valence-corrected chi connectivity index (χ0v) is 20.5. The third-order valence-electron chi connectivity index (χ3n) is 6.13. The van der Waals surface area contributed by atoms with Crippen molar-refractivity contribution in [2.75, 3.05) is 24.2 Å². The summed E-state index contributed by atoms with van der Waals surface area (Å²) >= 11 is 0. The number of aromatic nitrogens is 5. The Bertz CT molecular complexity index is 1140. The Hall–Kier alpha value is -2.94. The number of nitrogen functional groups attached to an aromatic ring is 1. The maximum Gasteiger partial charge on any atom is 0.166 e. The van der Waals surface area contributed by atoms with Gasteiger partial charge in [-0.25, -0.2) is 19.9 Å². The van der Waals surface area contributed by atoms with Gasteiger partial charge in [0.05, 0.1) is 12.7 Å². The van der Waals surface area contributed by atoms with Crippen LogP contribution in [0.5, 0.6) is 5.75 Å². The minimum atomic E-state index is -0.493. The van der Waals surface area contributed by atoms with Crippen LogP contribution in [0.3, 0.4) is 0 Å². The number of hydrogen-bond acceptors (Lipinski definition) is 8. The second-order valence-corrected chi connectivity index (χ2v) is 9.35. The molecule has 9 heteroatoms. The second-order valence-electron chi connectivity index (χ2n) is 9.35. The molecule has 0 aliphatic carbocycles. The van der Waals surface area contributed by atoms with Gasteiger partial charge >= 0.3 is 0 Å². The Balaban J connectivity index is 1.85. The minimum absolute atomic E-state index is 0.0194. The SMILES string of the molecule is CCC(CC)CNc1nc(-c2cnc(N)c(OC(C)C)c2)nc2c1nc1n2CCOC1(C)C. The molecule has 0 fully saturated rings. The highest BCUT2D eigenvalue weighted by Crippen LogP contribution is 2.34. The van der Waals surface area contributed by atoms with Crippen LogP contribution in [0, 0.1) is 5.92 Å². The molecule has 0 amide bonds. The van der Waals surface area contributed by atoms with Crippen LogP contribution in [0.4, 0.5) is 11.6 Å². The minimum Gasteiger partial charge on any atom is -0.487 e. The predicted octanol–water partition coefficient (Wildman–Crippen LogP) is 4.37. The molecule has 0 saturated carbocycles. The third-order valence-corrected chi connectivity index (χ3v) is 6.13. The van der Waals surface area contributed by atoms with E-state index in [1.807, 2.05) is 33.8 Å². The molecule has 1 aliphatic rings. The normalized spacial score (nSPS) is 15.3. The van der Waals surface area contributed by atoms with Gasteiger partial charge < -0.3 is 25.1 Å². The van der Waals surface area contributed by atoms with Crippen molar-refractivity contribution in [2.45, 2.75) is 72.6 Å². The van der Waals surface area contributed by atoms with Crippen LogP contribution >= 0.6 is 0 Å². The average molecular weight is 454 g/mol. The molecule has 0 saturated heterocycles. The van der Waals surface area contributed by atoms with E-state index in [2.05, 4.69) is 28.7 Å². The molecule has 0 spiro atoms. The van der Waals surface area contributed by atoms with E-state index in [0.29, 0.717) is 36.5 Å². The number of rotatable bonds is 8. The Kier molecular flexibility index (Phi) is 6.43. The van der Waals surface area contributed by atoms with E-state index >= 15 is 0 Å². The van der Waals surface area contributed by atoms with Gasteiger partial charge in [0, 0.05) is 24.8 Å². The van der Waals surface area contributed by atoms with E-state index in [1.165, 1.54) is 0 Å². The van der Waals surface area contributed by atoms with E-state index in [0.717, 1.165) is 47.8 Å². The lowest BCUT2D eigenvalue weighted by Crippen LogP contribution is -2.33. The number of nitrogens with zero attached hydrogens (tertiary/aromatic N) is 5. The first-order valence-corrected chi connectivity index (χ1v) is 11.8. The van der Waals surface area contributed by atoms with E-state index < -0.39 is 5.60 Å². The van der Waals surface area contributed by atoms with Crippen molar-refractivity contribution < 1.29 is 9.47 Å². The Morgan fingerprint density at radius 3 is 2.67 bits per heavy atom. The van der Waals surface area contributed by atoms with Gasteiger partial charge in [-0.1, -0.05) is 26.7 Å². The van der Waals surface area contributed by atoms with Crippen molar-refractivity contribution in [1.82, 2.24) is 24.5 Å². The van der Waals surface area contributed by atoms with E-state index in [-0.39, 0.29) is 6.10 Å². The van der Waals surface area contributed by atoms with Crippen molar-refractivity contribution >= 4 is 22.8 Å². The lowest BCUT2D eigenvalue weighted by atomic mass is 10.0. The standard InChI is InChI=1S/C24H35N7O2/c1-7-15(8-2)12-27-21-18-22(31-9-10-32-24(5,6)23(31)28-18)30-20(29-21)16-11-17(33-14(3)4)19(25)26-13-16/h11,13-15H,7-10,12H2,1-6H3,(H2,25,26)(H,27,29,30). The van der Waals surface area contributed by atoms with Gasteiger partial charge in [-0.3, -0.25) is 0 Å². The van der Waals surface area contributed by atoms with Gasteiger partial charge in [0.2, 0.25) is 0 Å². The van der Waals surface area contributed by atoms with E-state index in [1.54, 1.807) is 6.20 Å². The Labute approximate surface area is 195 Å². The molecule has 0 aromatic carbocycles. The Morgan fingerprint density at radius 1 is 1.21 bits per heavy atom. The molecule has 0 unspecified atom stereocenters. The first kappa shape index (κ1) is 23.2. The molecular weight excluding hydrogens is 418 g/mol. The summed E-state index contributed by atoms with van der Waals surface area (Å²) in [5, 5.41) is 3.55. The fourth-order valence-electron chi connectivity index (χ4n) is 4.13. The molecule has 4 rings (SSSR count). The van der Waals surface area contributed by atoms with Gasteiger partial charge in [-0.2, -0.15) is 0 Å². The summed E-state index contributed by atoms with van der Waals surface area (Å²) in [4.78, 5) is 19.1. The lowest BCUT2D eigenvalue weighted by Gasteiger charge is -2.30. The molecule has 9 nitrogen and oxygen atoms in total. The molecule has 3 aromatic rings. The predicted molar refractivity (Wildman–Crippen MR) is 130 cm³/mol. The second kappa shape index (κ2) is 9.13. The van der Waals surface area contributed by atoms with Crippen LogP contribution in [0.15, 0.2) is 12.3 Å². The van der Waals surface area contributed by atoms with E-state index in [9.17, 15) is 0 Å². The molecule has 0 atom stereocenters. The van der Waals surface area contributed by atoms with Crippen molar-refractivity contribution in [2.24, 2.45) is 5.92 Å². The first-order valence-electron chi connectivity index (χ1n) is 11.8. The van der Waals surface area contributed by atoms with Crippen molar-refractivity contribution in [3.05, 3.63) is 18.1 Å². The van der Waals surface area contributed by atoms with Crippen LogP contribution < -0.4 is 15.8 Å². The number of anilines is 2. The summed E-state index contributed by atoms with van der Waals surface area (Å²) in [6.45, 7) is 14.5. The number of pyridine rings is 1. The Morgan fingerprint density at radius 2 is 1.97 bits per heavy atom. The molecule has 0 radical (unpaired) electrons. The topological polar surface area (TPSA) is 113 Å². The number of nitrogens with one attached hydrogen (secondary N) is 1. The van der Waals surface area contributed by atoms with Gasteiger partial charge in [0.25, 0.3) is 0 Å². The van der Waals surface area contributed by atoms with Gasteiger partial charge in [-0.15, -0.1) is 0 Å². The zero-order chi connectivity index (χ0) is 23.8. The smallest absolute Gasteiger partial charge is 0.166 e. The maximum absolute atomic E-state index is 6.04. The summed E-state index contributed by atoms with van der Waals surface area (Å²) in [6, 6.07) is 1.86. The summed E-state index contributed by atoms with van der Waals surface area (Å²) < 4.78 is 14.0. The number of fused-ring (bicyclic) bond motifs is 3. The summed E-state index contributed by atoms with van der Waals surface area (Å²) in [7, 11) is 0. The van der Waals surface area contributed by atoms with Crippen LogP contribution in [-0.4, -0.2) is 43.8 Å². The fourth-order valence-corrected chi connectivity index (χ4v) is 4.13. The fraction of sp³-hybridized carbons (Fsp3) is 0.583. The highest BCUT2D eigenvalue weighted by Gasteiger charge is 2.33. The quantitative estimate of drug-likeness (QED) is 0.517. The summed E-state index contributed by atoms with van der Waals surface area (Å²) in [6.07, 6.45) is 3.87. The molecule has 178 valence electrons. The number of hydrogen-bond donors (Lipinski definition) is 2. The molecule has 3 aromatic heterocycles. The van der Waals surface area contributed by atoms with Crippen LogP contribution in [0.2, 0.25) is 0 Å². The van der Waals surface area contributed by atoms with E-state index in [4.69, 9.17) is 30.2 Å². The van der Waals surface area contributed by atoms with Crippen LogP contribution in [0.1, 0.15) is 60.2 Å². The molecule has 3 N–H and O–H groups in total. The van der Waals surface area contributed by atoms with Gasteiger partial charge in [-0.05, 0) is 39.7 Å². The zero-order valence-electron chi connectivity index (χ0n) is 20.5. The highest BCUT2D eigenvalue weighted by atomic mass is 16.5. The van der Waals surface area contributed by atoms with Crippen molar-refractivity contribution in [3.63, 3.8) is 0 Å². The van der Waals surface area contributed by atoms with Crippen LogP contribution in [0.25, 0.3) is 22.6 Å². The molecule has 0 bridgehead atoms. The largest absolute Gasteiger partial charge is 0.487 e. The molecule has 1 aliphatic heterocycles. The number of ether oxygens (including phenoxy) is 2. The average Bonchev–Trinajstić information content (AvgIpc) is 3.16. The van der Waals surface area contributed by atoms with Crippen LogP contribution in [-0.2, 0) is 16.9 Å². The lowest BCUT2D eigenvalue weighted by molar-refractivity contribution is -0.0530. The van der Waals surface area contributed by atoms with Gasteiger partial charge in [0.1, 0.15) is 11.4 Å². The summed E-state index contributed by atoms with van der Waals surface area (Å²) in [5.41, 5.74) is 7.84. The number of nitrogens with two attached hydrogens (primary N) is 1. The first-order chi connectivity index (χ1) is 15.7. The van der Waals surface area contributed by atoms with Crippen molar-refractivity contribution in [3.8, 4) is 17.1 Å². The van der Waals surface area contributed by atoms with Gasteiger partial charge in [0.15, 0.2) is 34.4 Å². The maximum atomic E-state index is 6.04. The monoisotopic (exact) mass is 453 g/mol. The molecule has 4 heterocycles. The number of imidazole rings is 1. The third kappa shape index (κ3) is 4.59. The highest BCUT2D eigenvalue weighted by molar-refractivity contribution is 5.86. The van der Waals surface area contributed by atoms with Crippen molar-refractivity contribution in [1.29, 1.82) is 0 Å². The summed E-state index contributed by atoms with van der Waals surface area (Å²) in [5.74, 6) is 3.58. The molecule has 33 heavy (non-hydrogen) atoms.